The van der Waals surface area contributed by atoms with Crippen LogP contribution in [-0.4, -0.2) is 29.5 Å². The van der Waals surface area contributed by atoms with Crippen molar-refractivity contribution in [3.63, 3.8) is 0 Å². The molecule has 138 valence electrons. The van der Waals surface area contributed by atoms with Gasteiger partial charge in [-0.2, -0.15) is 0 Å². The van der Waals surface area contributed by atoms with Crippen molar-refractivity contribution in [2.75, 3.05) is 19.0 Å². The Labute approximate surface area is 158 Å². The summed E-state index contributed by atoms with van der Waals surface area (Å²) in [4.78, 5) is 20.8. The predicted molar refractivity (Wildman–Crippen MR) is 105 cm³/mol. The van der Waals surface area contributed by atoms with Crippen molar-refractivity contribution in [2.24, 2.45) is 0 Å². The molecule has 0 saturated heterocycles. The Hall–Kier alpha value is -3.41. The lowest BCUT2D eigenvalue weighted by atomic mass is 10.1. The van der Waals surface area contributed by atoms with Crippen LogP contribution in [0.4, 0.5) is 5.82 Å². The van der Waals surface area contributed by atoms with Gasteiger partial charge < -0.3 is 15.4 Å². The van der Waals surface area contributed by atoms with Gasteiger partial charge in [-0.25, -0.2) is 4.98 Å². The lowest BCUT2D eigenvalue weighted by molar-refractivity contribution is 0.0954. The van der Waals surface area contributed by atoms with E-state index < -0.39 is 0 Å². The molecule has 0 bridgehead atoms. The summed E-state index contributed by atoms with van der Waals surface area (Å²) < 4.78 is 5.21. The maximum absolute atomic E-state index is 12.2. The van der Waals surface area contributed by atoms with Gasteiger partial charge >= 0.3 is 0 Å². The highest BCUT2D eigenvalue weighted by atomic mass is 16.5. The fourth-order valence-electron chi connectivity index (χ4n) is 2.57. The largest absolute Gasteiger partial charge is 0.497 e. The third kappa shape index (κ3) is 5.54. The molecule has 3 rings (SSSR count). The van der Waals surface area contributed by atoms with Gasteiger partial charge in [0.1, 0.15) is 11.6 Å². The second-order valence-corrected chi connectivity index (χ2v) is 5.96. The van der Waals surface area contributed by atoms with Crippen molar-refractivity contribution in [1.82, 2.24) is 15.3 Å². The molecule has 2 aromatic heterocycles. The first-order valence-electron chi connectivity index (χ1n) is 8.75. The fourth-order valence-corrected chi connectivity index (χ4v) is 2.57. The number of carbonyl (C=O) groups excluding carboxylic acids is 1. The quantitative estimate of drug-likeness (QED) is 0.644. The van der Waals surface area contributed by atoms with Crippen LogP contribution >= 0.6 is 0 Å². The molecule has 0 spiro atoms. The molecule has 6 heteroatoms. The Bertz CT molecular complexity index is 867. The second-order valence-electron chi connectivity index (χ2n) is 5.96. The van der Waals surface area contributed by atoms with Crippen molar-refractivity contribution in [3.05, 3.63) is 83.8 Å². The van der Waals surface area contributed by atoms with E-state index in [-0.39, 0.29) is 5.91 Å². The number of pyridine rings is 2. The summed E-state index contributed by atoms with van der Waals surface area (Å²) in [5.41, 5.74) is 2.57. The van der Waals surface area contributed by atoms with Gasteiger partial charge in [-0.15, -0.1) is 0 Å². The average molecular weight is 362 g/mol. The molecule has 6 nitrogen and oxygen atoms in total. The standard InChI is InChI=1S/C21H22N4O2/c1-27-19-7-4-5-16(13-19)10-12-23-21(26)17-8-9-20(24-14-17)25-15-18-6-2-3-11-22-18/h2-9,11,13-14H,10,12,15H2,1H3,(H,23,26)(H,24,25). The molecule has 27 heavy (non-hydrogen) atoms. The van der Waals surface area contributed by atoms with E-state index in [1.54, 1.807) is 31.6 Å². The zero-order chi connectivity index (χ0) is 18.9. The number of ether oxygens (including phenoxy) is 1. The molecule has 3 aromatic rings. The highest BCUT2D eigenvalue weighted by Crippen LogP contribution is 2.12. The molecule has 0 atom stereocenters. The number of hydrogen-bond acceptors (Lipinski definition) is 5. The number of amides is 1. The maximum Gasteiger partial charge on any atom is 0.252 e. The normalized spacial score (nSPS) is 10.3. The molecular formula is C21H22N4O2. The zero-order valence-corrected chi connectivity index (χ0v) is 15.2. The van der Waals surface area contributed by atoms with Crippen molar-refractivity contribution in [1.29, 1.82) is 0 Å². The third-order valence-electron chi connectivity index (χ3n) is 4.04. The molecule has 0 unspecified atom stereocenters. The molecular weight excluding hydrogens is 340 g/mol. The predicted octanol–water partition coefficient (Wildman–Crippen LogP) is 3.07. The third-order valence-corrected chi connectivity index (χ3v) is 4.04. The molecule has 0 aliphatic heterocycles. The Morgan fingerprint density at radius 3 is 2.74 bits per heavy atom. The van der Waals surface area contributed by atoms with E-state index in [0.717, 1.165) is 23.4 Å². The molecule has 1 aromatic carbocycles. The van der Waals surface area contributed by atoms with Crippen molar-refractivity contribution in [3.8, 4) is 5.75 Å². The van der Waals surface area contributed by atoms with E-state index in [0.29, 0.717) is 24.5 Å². The van der Waals surface area contributed by atoms with Crippen molar-refractivity contribution < 1.29 is 9.53 Å². The molecule has 0 radical (unpaired) electrons. The van der Waals surface area contributed by atoms with Crippen LogP contribution in [0.25, 0.3) is 0 Å². The second kappa shape index (κ2) is 9.33. The first kappa shape index (κ1) is 18.4. The number of carbonyl (C=O) groups is 1. The molecule has 2 heterocycles. The number of nitrogens with one attached hydrogen (secondary N) is 2. The van der Waals surface area contributed by atoms with Crippen LogP contribution in [0.5, 0.6) is 5.75 Å². The van der Waals surface area contributed by atoms with Gasteiger partial charge in [0.05, 0.1) is 24.9 Å². The summed E-state index contributed by atoms with van der Waals surface area (Å²) in [6.07, 6.45) is 4.06. The molecule has 0 saturated carbocycles. The minimum Gasteiger partial charge on any atom is -0.497 e. The van der Waals surface area contributed by atoms with Crippen LogP contribution in [0.1, 0.15) is 21.6 Å². The van der Waals surface area contributed by atoms with Crippen LogP contribution in [0.15, 0.2) is 67.0 Å². The van der Waals surface area contributed by atoms with Gasteiger partial charge in [-0.3, -0.25) is 9.78 Å². The van der Waals surface area contributed by atoms with Crippen LogP contribution in [0.2, 0.25) is 0 Å². The lowest BCUT2D eigenvalue weighted by Crippen LogP contribution is -2.25. The van der Waals surface area contributed by atoms with Crippen LogP contribution in [0, 0.1) is 0 Å². The molecule has 0 fully saturated rings. The number of anilines is 1. The Morgan fingerprint density at radius 1 is 1.07 bits per heavy atom. The Kier molecular flexibility index (Phi) is 6.35. The lowest BCUT2D eigenvalue weighted by Gasteiger charge is -2.08. The summed E-state index contributed by atoms with van der Waals surface area (Å²) in [5, 5.41) is 6.10. The Balaban J connectivity index is 1.47. The maximum atomic E-state index is 12.2. The van der Waals surface area contributed by atoms with E-state index in [9.17, 15) is 4.79 Å². The minimum atomic E-state index is -0.137. The highest BCUT2D eigenvalue weighted by Gasteiger charge is 2.06. The monoisotopic (exact) mass is 362 g/mol. The number of benzene rings is 1. The number of rotatable bonds is 8. The van der Waals surface area contributed by atoms with Crippen molar-refractivity contribution >= 4 is 11.7 Å². The van der Waals surface area contributed by atoms with E-state index in [2.05, 4.69) is 20.6 Å². The molecule has 0 aliphatic rings. The van der Waals surface area contributed by atoms with Crippen LogP contribution < -0.4 is 15.4 Å². The SMILES string of the molecule is COc1cccc(CCNC(=O)c2ccc(NCc3ccccn3)nc2)c1. The number of methoxy groups -OCH3 is 1. The fraction of sp³-hybridized carbons (Fsp3) is 0.190. The number of hydrogen-bond donors (Lipinski definition) is 2. The van der Waals surface area contributed by atoms with E-state index >= 15 is 0 Å². The minimum absolute atomic E-state index is 0.137. The van der Waals surface area contributed by atoms with E-state index in [1.165, 1.54) is 0 Å². The first-order chi connectivity index (χ1) is 13.2. The zero-order valence-electron chi connectivity index (χ0n) is 15.2. The average Bonchev–Trinajstić information content (AvgIpc) is 2.73. The smallest absolute Gasteiger partial charge is 0.252 e. The molecule has 2 N–H and O–H groups in total. The van der Waals surface area contributed by atoms with Gasteiger partial charge in [0.25, 0.3) is 5.91 Å². The van der Waals surface area contributed by atoms with Crippen LogP contribution in [0.3, 0.4) is 0 Å². The first-order valence-corrected chi connectivity index (χ1v) is 8.75. The summed E-state index contributed by atoms with van der Waals surface area (Å²) in [6.45, 7) is 1.13. The van der Waals surface area contributed by atoms with Gasteiger partial charge in [-0.05, 0) is 48.4 Å². The van der Waals surface area contributed by atoms with Crippen molar-refractivity contribution in [2.45, 2.75) is 13.0 Å². The van der Waals surface area contributed by atoms with Gasteiger partial charge in [0, 0.05) is 18.9 Å². The number of nitrogens with zero attached hydrogens (tertiary/aromatic N) is 2. The van der Waals surface area contributed by atoms with Crippen LogP contribution in [-0.2, 0) is 13.0 Å². The molecule has 0 aliphatic carbocycles. The summed E-state index contributed by atoms with van der Waals surface area (Å²) in [7, 11) is 1.64. The number of aromatic nitrogens is 2. The summed E-state index contributed by atoms with van der Waals surface area (Å²) >= 11 is 0. The summed E-state index contributed by atoms with van der Waals surface area (Å²) in [6, 6.07) is 17.1. The summed E-state index contributed by atoms with van der Waals surface area (Å²) in [5.74, 6) is 1.38. The van der Waals surface area contributed by atoms with Gasteiger partial charge in [0.15, 0.2) is 0 Å². The Morgan fingerprint density at radius 2 is 2.00 bits per heavy atom. The molecule has 1 amide bonds. The topological polar surface area (TPSA) is 76.1 Å². The van der Waals surface area contributed by atoms with E-state index in [1.807, 2.05) is 42.5 Å². The van der Waals surface area contributed by atoms with E-state index in [4.69, 9.17) is 4.74 Å². The highest BCUT2D eigenvalue weighted by molar-refractivity contribution is 5.94. The van der Waals surface area contributed by atoms with Gasteiger partial charge in [0.2, 0.25) is 0 Å². The van der Waals surface area contributed by atoms with Gasteiger partial charge in [-0.1, -0.05) is 18.2 Å².